The number of carbonyl (C=O) groups excluding carboxylic acids is 1. The highest BCUT2D eigenvalue weighted by molar-refractivity contribution is 5.92. The van der Waals surface area contributed by atoms with E-state index in [1.165, 1.54) is 0 Å². The van der Waals surface area contributed by atoms with Crippen molar-refractivity contribution in [2.45, 2.75) is 51.2 Å². The SMILES string of the molecule is CC(C)(O)Cn1nnc(C(N)=O)c1C1CCC1. The zero-order valence-corrected chi connectivity index (χ0v) is 10.2. The molecule has 0 atom stereocenters. The van der Waals surface area contributed by atoms with Gasteiger partial charge in [0.05, 0.1) is 17.8 Å². The van der Waals surface area contributed by atoms with E-state index in [-0.39, 0.29) is 5.69 Å². The molecule has 0 aliphatic heterocycles. The fourth-order valence-electron chi connectivity index (χ4n) is 2.06. The van der Waals surface area contributed by atoms with Gasteiger partial charge < -0.3 is 10.8 Å². The Hall–Kier alpha value is -1.43. The van der Waals surface area contributed by atoms with Crippen molar-refractivity contribution < 1.29 is 9.90 Å². The highest BCUT2D eigenvalue weighted by atomic mass is 16.3. The highest BCUT2D eigenvalue weighted by Crippen LogP contribution is 2.37. The van der Waals surface area contributed by atoms with Crippen molar-refractivity contribution in [2.75, 3.05) is 0 Å². The van der Waals surface area contributed by atoms with Gasteiger partial charge in [0.2, 0.25) is 0 Å². The first-order chi connectivity index (χ1) is 7.88. The summed E-state index contributed by atoms with van der Waals surface area (Å²) in [5.74, 6) is -0.247. The quantitative estimate of drug-likeness (QED) is 0.794. The molecule has 0 radical (unpaired) electrons. The molecular formula is C11H18N4O2. The van der Waals surface area contributed by atoms with E-state index in [0.717, 1.165) is 25.0 Å². The second-order valence-electron chi connectivity index (χ2n) is 5.29. The summed E-state index contributed by atoms with van der Waals surface area (Å²) in [5, 5.41) is 17.6. The average molecular weight is 238 g/mol. The molecule has 94 valence electrons. The van der Waals surface area contributed by atoms with Gasteiger partial charge in [-0.15, -0.1) is 5.10 Å². The van der Waals surface area contributed by atoms with Gasteiger partial charge in [-0.05, 0) is 26.7 Å². The van der Waals surface area contributed by atoms with Crippen molar-refractivity contribution in [2.24, 2.45) is 5.73 Å². The van der Waals surface area contributed by atoms with E-state index < -0.39 is 11.5 Å². The number of carbonyl (C=O) groups is 1. The van der Waals surface area contributed by atoms with E-state index in [0.29, 0.717) is 12.5 Å². The molecule has 1 fully saturated rings. The van der Waals surface area contributed by atoms with E-state index in [4.69, 9.17) is 5.73 Å². The maximum Gasteiger partial charge on any atom is 0.271 e. The molecule has 1 amide bonds. The van der Waals surface area contributed by atoms with Crippen LogP contribution in [0.1, 0.15) is 55.2 Å². The summed E-state index contributed by atoms with van der Waals surface area (Å²) in [4.78, 5) is 11.3. The summed E-state index contributed by atoms with van der Waals surface area (Å²) in [6, 6.07) is 0. The zero-order valence-electron chi connectivity index (χ0n) is 10.2. The Balaban J connectivity index is 2.34. The molecule has 3 N–H and O–H groups in total. The largest absolute Gasteiger partial charge is 0.389 e. The van der Waals surface area contributed by atoms with Crippen molar-refractivity contribution in [3.05, 3.63) is 11.4 Å². The number of aromatic nitrogens is 3. The lowest BCUT2D eigenvalue weighted by Crippen LogP contribution is -2.30. The Labute approximate surface area is 99.8 Å². The molecule has 0 bridgehead atoms. The Kier molecular flexibility index (Phi) is 2.91. The zero-order chi connectivity index (χ0) is 12.6. The van der Waals surface area contributed by atoms with Crippen LogP contribution in [0.4, 0.5) is 0 Å². The Morgan fingerprint density at radius 3 is 2.65 bits per heavy atom. The van der Waals surface area contributed by atoms with Gasteiger partial charge >= 0.3 is 0 Å². The van der Waals surface area contributed by atoms with Crippen LogP contribution in [-0.2, 0) is 6.54 Å². The van der Waals surface area contributed by atoms with E-state index >= 15 is 0 Å². The summed E-state index contributed by atoms with van der Waals surface area (Å²) in [6.45, 7) is 3.71. The maximum absolute atomic E-state index is 11.3. The van der Waals surface area contributed by atoms with E-state index in [2.05, 4.69) is 10.3 Å². The van der Waals surface area contributed by atoms with Crippen LogP contribution >= 0.6 is 0 Å². The monoisotopic (exact) mass is 238 g/mol. The minimum atomic E-state index is -0.888. The molecule has 1 saturated carbocycles. The summed E-state index contributed by atoms with van der Waals surface area (Å²) < 4.78 is 1.61. The molecule has 0 saturated heterocycles. The lowest BCUT2D eigenvalue weighted by molar-refractivity contribution is 0.0552. The van der Waals surface area contributed by atoms with Crippen LogP contribution in [0.25, 0.3) is 0 Å². The van der Waals surface area contributed by atoms with Crippen LogP contribution in [0.2, 0.25) is 0 Å². The number of aliphatic hydroxyl groups is 1. The molecule has 1 aromatic heterocycles. The van der Waals surface area contributed by atoms with Crippen LogP contribution in [0.5, 0.6) is 0 Å². The standard InChI is InChI=1S/C11H18N4O2/c1-11(2,17)6-15-9(7-4-3-5-7)8(10(12)16)13-14-15/h7,17H,3-6H2,1-2H3,(H2,12,16). The first-order valence-electron chi connectivity index (χ1n) is 5.84. The molecule has 6 heteroatoms. The molecule has 1 heterocycles. The van der Waals surface area contributed by atoms with Crippen LogP contribution in [-0.4, -0.2) is 31.6 Å². The number of hydrogen-bond acceptors (Lipinski definition) is 4. The van der Waals surface area contributed by atoms with Crippen LogP contribution in [0.15, 0.2) is 0 Å². The van der Waals surface area contributed by atoms with Crippen LogP contribution < -0.4 is 5.73 Å². The smallest absolute Gasteiger partial charge is 0.271 e. The van der Waals surface area contributed by atoms with Crippen molar-refractivity contribution in [1.82, 2.24) is 15.0 Å². The van der Waals surface area contributed by atoms with Crippen molar-refractivity contribution in [3.63, 3.8) is 0 Å². The molecule has 1 aliphatic carbocycles. The fraction of sp³-hybridized carbons (Fsp3) is 0.727. The van der Waals surface area contributed by atoms with Crippen molar-refractivity contribution in [3.8, 4) is 0 Å². The molecule has 17 heavy (non-hydrogen) atoms. The van der Waals surface area contributed by atoms with E-state index in [1.54, 1.807) is 18.5 Å². The van der Waals surface area contributed by atoms with Crippen LogP contribution in [0, 0.1) is 0 Å². The minimum Gasteiger partial charge on any atom is -0.389 e. The van der Waals surface area contributed by atoms with Gasteiger partial charge in [0, 0.05) is 5.92 Å². The van der Waals surface area contributed by atoms with E-state index in [1.807, 2.05) is 0 Å². The van der Waals surface area contributed by atoms with Gasteiger partial charge in [0.1, 0.15) is 0 Å². The predicted octanol–water partition coefficient (Wildman–Crippen LogP) is 0.415. The second kappa shape index (κ2) is 4.10. The first-order valence-corrected chi connectivity index (χ1v) is 5.84. The van der Waals surface area contributed by atoms with Gasteiger partial charge in [0.15, 0.2) is 5.69 Å². The van der Waals surface area contributed by atoms with Gasteiger partial charge in [-0.2, -0.15) is 0 Å². The molecule has 1 aromatic rings. The maximum atomic E-state index is 11.3. The van der Waals surface area contributed by atoms with Gasteiger partial charge in [0.25, 0.3) is 5.91 Å². The highest BCUT2D eigenvalue weighted by Gasteiger charge is 2.31. The third kappa shape index (κ3) is 2.46. The van der Waals surface area contributed by atoms with Gasteiger partial charge in [-0.1, -0.05) is 11.6 Å². The number of amides is 1. The first kappa shape index (κ1) is 12.0. The normalized spacial score (nSPS) is 16.9. The Bertz CT molecular complexity index is 429. The van der Waals surface area contributed by atoms with Gasteiger partial charge in [-0.3, -0.25) is 4.79 Å². The predicted molar refractivity (Wildman–Crippen MR) is 61.4 cm³/mol. The third-order valence-corrected chi connectivity index (χ3v) is 3.04. The minimum absolute atomic E-state index is 0.249. The van der Waals surface area contributed by atoms with Crippen molar-refractivity contribution >= 4 is 5.91 Å². The topological polar surface area (TPSA) is 94.0 Å². The van der Waals surface area contributed by atoms with Crippen molar-refractivity contribution in [1.29, 1.82) is 0 Å². The van der Waals surface area contributed by atoms with Gasteiger partial charge in [-0.25, -0.2) is 4.68 Å². The lowest BCUT2D eigenvalue weighted by Gasteiger charge is -2.27. The van der Waals surface area contributed by atoms with E-state index in [9.17, 15) is 9.90 Å². The molecule has 2 rings (SSSR count). The molecular weight excluding hydrogens is 220 g/mol. The second-order valence-corrected chi connectivity index (χ2v) is 5.29. The molecule has 0 spiro atoms. The molecule has 0 aromatic carbocycles. The molecule has 6 nitrogen and oxygen atoms in total. The summed E-state index contributed by atoms with van der Waals surface area (Å²) in [5.41, 5.74) is 5.44. The Morgan fingerprint density at radius 1 is 1.59 bits per heavy atom. The number of nitrogens with zero attached hydrogens (tertiary/aromatic N) is 3. The average Bonchev–Trinajstić information content (AvgIpc) is 2.43. The summed E-state index contributed by atoms with van der Waals surface area (Å²) in [7, 11) is 0. The number of hydrogen-bond donors (Lipinski definition) is 2. The molecule has 1 aliphatic rings. The number of rotatable bonds is 4. The number of nitrogens with two attached hydrogens (primary N) is 1. The molecule has 0 unspecified atom stereocenters. The summed E-state index contributed by atoms with van der Waals surface area (Å²) in [6.07, 6.45) is 3.20. The number of primary amides is 1. The fourth-order valence-corrected chi connectivity index (χ4v) is 2.06. The third-order valence-electron chi connectivity index (χ3n) is 3.04. The van der Waals surface area contributed by atoms with Crippen LogP contribution in [0.3, 0.4) is 0 Å². The summed E-state index contributed by atoms with van der Waals surface area (Å²) >= 11 is 0. The Morgan fingerprint density at radius 2 is 2.24 bits per heavy atom. The lowest BCUT2D eigenvalue weighted by atomic mass is 9.82.